The Bertz CT molecular complexity index is 475. The number of carbonyl (C=O) groups is 1. The third-order valence-electron chi connectivity index (χ3n) is 3.02. The van der Waals surface area contributed by atoms with Gasteiger partial charge in [0.1, 0.15) is 16.4 Å². The second-order valence-corrected chi connectivity index (χ2v) is 5.79. The van der Waals surface area contributed by atoms with Crippen molar-refractivity contribution < 1.29 is 15.0 Å². The van der Waals surface area contributed by atoms with Crippen LogP contribution >= 0.6 is 11.8 Å². The molecule has 6 heteroatoms. The normalized spacial score (nSPS) is 14.6. The molecule has 19 heavy (non-hydrogen) atoms. The largest absolute Gasteiger partial charge is 0.478 e. The van der Waals surface area contributed by atoms with Crippen LogP contribution in [0, 0.1) is 6.92 Å². The van der Waals surface area contributed by atoms with Crippen molar-refractivity contribution in [2.45, 2.75) is 43.6 Å². The van der Waals surface area contributed by atoms with E-state index in [9.17, 15) is 9.90 Å². The molecule has 0 amide bonds. The first kappa shape index (κ1) is 14.3. The Morgan fingerprint density at radius 3 is 2.68 bits per heavy atom. The van der Waals surface area contributed by atoms with E-state index in [4.69, 9.17) is 5.11 Å². The fourth-order valence-electron chi connectivity index (χ4n) is 1.82. The number of carboxylic acids is 1. The molecule has 5 nitrogen and oxygen atoms in total. The highest BCUT2D eigenvalue weighted by Crippen LogP contribution is 2.39. The molecule has 2 N–H and O–H groups in total. The lowest BCUT2D eigenvalue weighted by Gasteiger charge is -2.09. The first-order valence-corrected chi connectivity index (χ1v) is 7.47. The third-order valence-corrected chi connectivity index (χ3v) is 4.08. The Labute approximate surface area is 116 Å². The van der Waals surface area contributed by atoms with Gasteiger partial charge in [0.05, 0.1) is 5.69 Å². The number of aromatic carboxylic acids is 1. The second kappa shape index (κ2) is 6.34. The molecule has 1 aliphatic rings. The van der Waals surface area contributed by atoms with Crippen LogP contribution in [0.4, 0.5) is 0 Å². The fraction of sp³-hybridized carbons (Fsp3) is 0.615. The van der Waals surface area contributed by atoms with Crippen molar-refractivity contribution in [2.75, 3.05) is 12.4 Å². The molecule has 1 saturated carbocycles. The molecule has 1 aromatic heterocycles. The van der Waals surface area contributed by atoms with Crippen molar-refractivity contribution >= 4 is 17.7 Å². The minimum Gasteiger partial charge on any atom is -0.478 e. The number of aromatic nitrogens is 2. The van der Waals surface area contributed by atoms with E-state index in [-0.39, 0.29) is 12.2 Å². The van der Waals surface area contributed by atoms with Crippen molar-refractivity contribution in [3.8, 4) is 0 Å². The van der Waals surface area contributed by atoms with Crippen molar-refractivity contribution in [2.24, 2.45) is 0 Å². The van der Waals surface area contributed by atoms with E-state index in [2.05, 4.69) is 9.97 Å². The number of aryl methyl sites for hydroxylation is 1. The molecule has 0 atom stereocenters. The smallest absolute Gasteiger partial charge is 0.340 e. The van der Waals surface area contributed by atoms with Crippen molar-refractivity contribution in [3.05, 3.63) is 17.1 Å². The first-order valence-electron chi connectivity index (χ1n) is 6.49. The maximum Gasteiger partial charge on any atom is 0.340 e. The van der Waals surface area contributed by atoms with Gasteiger partial charge >= 0.3 is 5.97 Å². The number of aliphatic hydroxyl groups is 1. The van der Waals surface area contributed by atoms with Gasteiger partial charge < -0.3 is 10.2 Å². The van der Waals surface area contributed by atoms with Crippen LogP contribution in [0.3, 0.4) is 0 Å². The number of nitrogens with zero attached hydrogens (tertiary/aromatic N) is 2. The van der Waals surface area contributed by atoms with E-state index in [1.165, 1.54) is 11.8 Å². The quantitative estimate of drug-likeness (QED) is 0.453. The molecular formula is C13H18N2O3S. The second-order valence-electron chi connectivity index (χ2n) is 4.71. The molecule has 0 saturated heterocycles. The summed E-state index contributed by atoms with van der Waals surface area (Å²) >= 11 is 1.45. The summed E-state index contributed by atoms with van der Waals surface area (Å²) in [5.41, 5.74) is 0.771. The van der Waals surface area contributed by atoms with Crippen LogP contribution in [0.5, 0.6) is 0 Å². The Morgan fingerprint density at radius 1 is 1.37 bits per heavy atom. The Balaban J connectivity index is 2.18. The predicted molar refractivity (Wildman–Crippen MR) is 72.7 cm³/mol. The Kier molecular flexibility index (Phi) is 4.76. The molecule has 0 unspecified atom stereocenters. The van der Waals surface area contributed by atoms with Crippen LogP contribution in [-0.2, 0) is 0 Å². The predicted octanol–water partition coefficient (Wildman–Crippen LogP) is 2.23. The SMILES string of the molecule is Cc1nc(C2CC2)nc(SCCCCO)c1C(=O)O. The number of rotatable bonds is 7. The monoisotopic (exact) mass is 282 g/mol. The molecule has 0 aromatic carbocycles. The first-order chi connectivity index (χ1) is 9.13. The van der Waals surface area contributed by atoms with Gasteiger partial charge in [-0.2, -0.15) is 0 Å². The van der Waals surface area contributed by atoms with E-state index in [0.29, 0.717) is 16.6 Å². The molecule has 0 spiro atoms. The molecule has 1 heterocycles. The summed E-state index contributed by atoms with van der Waals surface area (Å²) in [6.45, 7) is 1.90. The fourth-order valence-corrected chi connectivity index (χ4v) is 2.90. The summed E-state index contributed by atoms with van der Waals surface area (Å²) in [4.78, 5) is 20.0. The van der Waals surface area contributed by atoms with E-state index in [1.54, 1.807) is 6.92 Å². The van der Waals surface area contributed by atoms with Crippen LogP contribution in [0.15, 0.2) is 5.03 Å². The Hall–Kier alpha value is -1.14. The lowest BCUT2D eigenvalue weighted by Crippen LogP contribution is -2.09. The molecule has 1 fully saturated rings. The third kappa shape index (κ3) is 3.67. The zero-order valence-corrected chi connectivity index (χ0v) is 11.7. The van der Waals surface area contributed by atoms with Gasteiger partial charge in [0.15, 0.2) is 0 Å². The zero-order chi connectivity index (χ0) is 13.8. The van der Waals surface area contributed by atoms with Gasteiger partial charge in [-0.15, -0.1) is 11.8 Å². The van der Waals surface area contributed by atoms with Crippen LogP contribution in [-0.4, -0.2) is 38.5 Å². The molecule has 104 valence electrons. The van der Waals surface area contributed by atoms with Crippen molar-refractivity contribution in [1.82, 2.24) is 9.97 Å². The molecule has 2 rings (SSSR count). The summed E-state index contributed by atoms with van der Waals surface area (Å²) < 4.78 is 0. The van der Waals surface area contributed by atoms with Crippen molar-refractivity contribution in [1.29, 1.82) is 0 Å². The van der Waals surface area contributed by atoms with Gasteiger partial charge in [-0.3, -0.25) is 0 Å². The van der Waals surface area contributed by atoms with E-state index < -0.39 is 5.97 Å². The average molecular weight is 282 g/mol. The lowest BCUT2D eigenvalue weighted by molar-refractivity contribution is 0.0690. The van der Waals surface area contributed by atoms with Crippen LogP contribution in [0.2, 0.25) is 0 Å². The highest BCUT2D eigenvalue weighted by atomic mass is 32.2. The summed E-state index contributed by atoms with van der Waals surface area (Å²) in [5.74, 6) is 0.997. The number of aliphatic hydroxyl groups excluding tert-OH is 1. The molecule has 1 aliphatic carbocycles. The number of hydrogen-bond acceptors (Lipinski definition) is 5. The summed E-state index contributed by atoms with van der Waals surface area (Å²) in [6.07, 6.45) is 3.78. The summed E-state index contributed by atoms with van der Waals surface area (Å²) in [6, 6.07) is 0. The number of thioether (sulfide) groups is 1. The zero-order valence-electron chi connectivity index (χ0n) is 10.9. The van der Waals surface area contributed by atoms with Crippen LogP contribution < -0.4 is 0 Å². The van der Waals surface area contributed by atoms with Gasteiger partial charge in [-0.05, 0) is 38.4 Å². The number of carboxylic acid groups (broad SMARTS) is 1. The number of hydrogen-bond donors (Lipinski definition) is 2. The standard InChI is InChI=1S/C13H18N2O3S/c1-8-10(13(17)18)12(19-7-3-2-6-16)15-11(14-8)9-4-5-9/h9,16H,2-7H2,1H3,(H,17,18). The van der Waals surface area contributed by atoms with Crippen molar-refractivity contribution in [3.63, 3.8) is 0 Å². The van der Waals surface area contributed by atoms with Gasteiger partial charge in [0.25, 0.3) is 0 Å². The molecule has 0 radical (unpaired) electrons. The van der Waals surface area contributed by atoms with E-state index in [1.807, 2.05) is 0 Å². The minimum absolute atomic E-state index is 0.169. The lowest BCUT2D eigenvalue weighted by atomic mass is 10.2. The molecule has 0 aliphatic heterocycles. The van der Waals surface area contributed by atoms with Gasteiger partial charge in [-0.1, -0.05) is 0 Å². The summed E-state index contributed by atoms with van der Waals surface area (Å²) in [7, 11) is 0. The average Bonchev–Trinajstić information content (AvgIpc) is 3.17. The molecule has 1 aromatic rings. The maximum atomic E-state index is 11.3. The van der Waals surface area contributed by atoms with Gasteiger partial charge in [0.2, 0.25) is 0 Å². The van der Waals surface area contributed by atoms with Gasteiger partial charge in [-0.25, -0.2) is 14.8 Å². The van der Waals surface area contributed by atoms with Gasteiger partial charge in [0, 0.05) is 12.5 Å². The number of unbranched alkanes of at least 4 members (excludes halogenated alkanes) is 1. The molecular weight excluding hydrogens is 264 g/mol. The highest BCUT2D eigenvalue weighted by molar-refractivity contribution is 7.99. The van der Waals surface area contributed by atoms with E-state index >= 15 is 0 Å². The van der Waals surface area contributed by atoms with E-state index in [0.717, 1.165) is 37.3 Å². The Morgan fingerprint density at radius 2 is 2.11 bits per heavy atom. The highest BCUT2D eigenvalue weighted by Gasteiger charge is 2.29. The maximum absolute atomic E-state index is 11.3. The van der Waals surface area contributed by atoms with Crippen LogP contribution in [0.25, 0.3) is 0 Å². The summed E-state index contributed by atoms with van der Waals surface area (Å²) in [5, 5.41) is 18.6. The minimum atomic E-state index is -0.968. The topological polar surface area (TPSA) is 83.3 Å². The van der Waals surface area contributed by atoms with Crippen LogP contribution in [0.1, 0.15) is 53.5 Å². The molecule has 0 bridgehead atoms.